The van der Waals surface area contributed by atoms with Crippen molar-refractivity contribution in [3.8, 4) is 6.07 Å². The average Bonchev–Trinajstić information content (AvgIpc) is 2.30. The minimum atomic E-state index is 0.425. The van der Waals surface area contributed by atoms with Gasteiger partial charge in [-0.05, 0) is 24.5 Å². The molecule has 0 atom stereocenters. The first-order chi connectivity index (χ1) is 7.79. The molecule has 0 heterocycles. The summed E-state index contributed by atoms with van der Waals surface area (Å²) in [6.07, 6.45) is 15.2. The van der Waals surface area contributed by atoms with Gasteiger partial charge in [-0.1, -0.05) is 56.0 Å². The van der Waals surface area contributed by atoms with E-state index in [9.17, 15) is 0 Å². The van der Waals surface area contributed by atoms with E-state index in [0.29, 0.717) is 6.42 Å². The largest absolute Gasteiger partial charge is 0.198 e. The van der Waals surface area contributed by atoms with Gasteiger partial charge in [-0.3, -0.25) is 0 Å². The van der Waals surface area contributed by atoms with Gasteiger partial charge in [0.2, 0.25) is 0 Å². The Balaban J connectivity index is 5.11. The second kappa shape index (κ2) is 9.73. The number of hydrogen-bond acceptors (Lipinski definition) is 1. The van der Waals surface area contributed by atoms with Gasteiger partial charge in [0, 0.05) is 0 Å². The van der Waals surface area contributed by atoms with Crippen LogP contribution in [0.15, 0.2) is 60.3 Å². The highest BCUT2D eigenvalue weighted by atomic mass is 14.2. The lowest BCUT2D eigenvalue weighted by Gasteiger charge is -2.02. The zero-order valence-electron chi connectivity index (χ0n) is 10.1. The molecule has 84 valence electrons. The molecule has 0 rings (SSSR count). The van der Waals surface area contributed by atoms with Crippen LogP contribution in [0.25, 0.3) is 0 Å². The molecule has 0 N–H and O–H groups in total. The third-order valence-corrected chi connectivity index (χ3v) is 1.92. The van der Waals surface area contributed by atoms with E-state index in [1.165, 1.54) is 0 Å². The third kappa shape index (κ3) is 5.82. The number of rotatable bonds is 6. The van der Waals surface area contributed by atoms with Crippen LogP contribution in [0.1, 0.15) is 26.7 Å². The Kier molecular flexibility index (Phi) is 8.63. The van der Waals surface area contributed by atoms with Gasteiger partial charge < -0.3 is 0 Å². The molecule has 0 aliphatic rings. The van der Waals surface area contributed by atoms with Crippen LogP contribution in [0.4, 0.5) is 0 Å². The van der Waals surface area contributed by atoms with E-state index in [4.69, 9.17) is 5.26 Å². The quantitative estimate of drug-likeness (QED) is 0.597. The summed E-state index contributed by atoms with van der Waals surface area (Å²) in [6.45, 7) is 7.77. The van der Waals surface area contributed by atoms with Gasteiger partial charge in [0.15, 0.2) is 0 Å². The molecule has 0 radical (unpaired) electrons. The first kappa shape index (κ1) is 14.2. The van der Waals surface area contributed by atoms with Crippen molar-refractivity contribution >= 4 is 0 Å². The lowest BCUT2D eigenvalue weighted by atomic mass is 10.0. The highest BCUT2D eigenvalue weighted by molar-refractivity contribution is 5.48. The van der Waals surface area contributed by atoms with Crippen LogP contribution in [0, 0.1) is 11.3 Å². The van der Waals surface area contributed by atoms with Crippen molar-refractivity contribution in [1.82, 2.24) is 0 Å². The van der Waals surface area contributed by atoms with Crippen molar-refractivity contribution < 1.29 is 0 Å². The lowest BCUT2D eigenvalue weighted by Crippen LogP contribution is -1.83. The summed E-state index contributed by atoms with van der Waals surface area (Å²) >= 11 is 0. The van der Waals surface area contributed by atoms with Crippen molar-refractivity contribution in [1.29, 1.82) is 5.26 Å². The van der Waals surface area contributed by atoms with Crippen molar-refractivity contribution in [2.75, 3.05) is 0 Å². The predicted molar refractivity (Wildman–Crippen MR) is 70.8 cm³/mol. The van der Waals surface area contributed by atoms with Gasteiger partial charge in [0.05, 0.1) is 12.5 Å². The molecule has 1 nitrogen and oxygen atoms in total. The second-order valence-corrected chi connectivity index (χ2v) is 3.19. The zero-order chi connectivity index (χ0) is 12.2. The van der Waals surface area contributed by atoms with Crippen molar-refractivity contribution in [3.05, 3.63) is 60.3 Å². The van der Waals surface area contributed by atoms with Crippen molar-refractivity contribution in [3.63, 3.8) is 0 Å². The Morgan fingerprint density at radius 1 is 1.31 bits per heavy atom. The molecule has 0 fully saturated rings. The smallest absolute Gasteiger partial charge is 0.0663 e. The average molecular weight is 213 g/mol. The Morgan fingerprint density at radius 3 is 2.56 bits per heavy atom. The number of hydrogen-bond donors (Lipinski definition) is 0. The molecule has 16 heavy (non-hydrogen) atoms. The van der Waals surface area contributed by atoms with Gasteiger partial charge in [-0.15, -0.1) is 0 Å². The topological polar surface area (TPSA) is 23.8 Å². The highest BCUT2D eigenvalue weighted by Crippen LogP contribution is 2.15. The van der Waals surface area contributed by atoms with Gasteiger partial charge in [0.1, 0.15) is 0 Å². The standard InChI is InChI=1S/C15H19N/c1-4-7-11-14(9-5-2)15(10-6-3)12-8-13-16/h5-7,9-12H,2,4,8H2,1,3H3/b10-6-,11-7-,14-9+,15-12+. The monoisotopic (exact) mass is 213 g/mol. The molecule has 0 unspecified atom stereocenters. The molecule has 0 aromatic carbocycles. The van der Waals surface area contributed by atoms with Crippen LogP contribution < -0.4 is 0 Å². The maximum absolute atomic E-state index is 8.59. The van der Waals surface area contributed by atoms with E-state index in [2.05, 4.69) is 31.7 Å². The van der Waals surface area contributed by atoms with Gasteiger partial charge in [-0.2, -0.15) is 5.26 Å². The molecule has 1 heteroatoms. The number of allylic oxidation sites excluding steroid dienone is 9. The fourth-order valence-electron chi connectivity index (χ4n) is 1.24. The van der Waals surface area contributed by atoms with E-state index in [-0.39, 0.29) is 0 Å². The number of nitrogens with zero attached hydrogens (tertiary/aromatic N) is 1. The molecule has 0 saturated heterocycles. The van der Waals surface area contributed by atoms with Crippen LogP contribution in [0.5, 0.6) is 0 Å². The fourth-order valence-corrected chi connectivity index (χ4v) is 1.24. The molecule has 0 aromatic rings. The molecule has 0 aromatic heterocycles. The van der Waals surface area contributed by atoms with E-state index in [1.54, 1.807) is 6.08 Å². The molecule has 0 amide bonds. The molecular formula is C15H19N. The Hall–Kier alpha value is -1.81. The van der Waals surface area contributed by atoms with Crippen LogP contribution in [-0.2, 0) is 0 Å². The first-order valence-electron chi connectivity index (χ1n) is 5.49. The van der Waals surface area contributed by atoms with Crippen LogP contribution in [0.2, 0.25) is 0 Å². The summed E-state index contributed by atoms with van der Waals surface area (Å²) in [6, 6.07) is 2.12. The molecular weight excluding hydrogens is 194 g/mol. The van der Waals surface area contributed by atoms with E-state index in [0.717, 1.165) is 17.6 Å². The molecule has 0 saturated carbocycles. The first-order valence-corrected chi connectivity index (χ1v) is 5.49. The highest BCUT2D eigenvalue weighted by Gasteiger charge is 1.96. The van der Waals surface area contributed by atoms with E-state index < -0.39 is 0 Å². The maximum Gasteiger partial charge on any atom is 0.0663 e. The molecule has 0 aliphatic carbocycles. The minimum Gasteiger partial charge on any atom is -0.198 e. The Labute approximate surface area is 98.8 Å². The Morgan fingerprint density at radius 2 is 2.06 bits per heavy atom. The summed E-state index contributed by atoms with van der Waals surface area (Å²) in [5, 5.41) is 8.59. The van der Waals surface area contributed by atoms with Crippen molar-refractivity contribution in [2.24, 2.45) is 0 Å². The second-order valence-electron chi connectivity index (χ2n) is 3.19. The van der Waals surface area contributed by atoms with Crippen molar-refractivity contribution in [2.45, 2.75) is 26.7 Å². The lowest BCUT2D eigenvalue weighted by molar-refractivity contribution is 1.22. The van der Waals surface area contributed by atoms with Crippen LogP contribution in [-0.4, -0.2) is 0 Å². The van der Waals surface area contributed by atoms with Gasteiger partial charge in [0.25, 0.3) is 0 Å². The summed E-state index contributed by atoms with van der Waals surface area (Å²) in [4.78, 5) is 0. The molecule has 0 aliphatic heterocycles. The van der Waals surface area contributed by atoms with Gasteiger partial charge in [-0.25, -0.2) is 0 Å². The fraction of sp³-hybridized carbons (Fsp3) is 0.267. The maximum atomic E-state index is 8.59. The summed E-state index contributed by atoms with van der Waals surface area (Å²) in [5.41, 5.74) is 2.15. The third-order valence-electron chi connectivity index (χ3n) is 1.92. The minimum absolute atomic E-state index is 0.425. The van der Waals surface area contributed by atoms with E-state index in [1.807, 2.05) is 31.2 Å². The normalized spacial score (nSPS) is 13.3. The number of nitriles is 1. The van der Waals surface area contributed by atoms with Crippen LogP contribution in [0.3, 0.4) is 0 Å². The molecule has 0 spiro atoms. The SMILES string of the molecule is C=C/C=C(\C=C/CC)C(/C=C\C)=C/CC#N. The van der Waals surface area contributed by atoms with E-state index >= 15 is 0 Å². The molecule has 0 bridgehead atoms. The summed E-state index contributed by atoms with van der Waals surface area (Å²) in [7, 11) is 0. The summed E-state index contributed by atoms with van der Waals surface area (Å²) < 4.78 is 0. The Bertz CT molecular complexity index is 359. The summed E-state index contributed by atoms with van der Waals surface area (Å²) in [5.74, 6) is 0. The van der Waals surface area contributed by atoms with Gasteiger partial charge >= 0.3 is 0 Å². The predicted octanol–water partition coefficient (Wildman–Crippen LogP) is 4.48. The van der Waals surface area contributed by atoms with Crippen LogP contribution >= 0.6 is 0 Å². The zero-order valence-corrected chi connectivity index (χ0v) is 10.1.